The highest BCUT2D eigenvalue weighted by Gasteiger charge is 2.22. The molecule has 1 aromatic heterocycles. The number of aromatic nitrogens is 2. The Labute approximate surface area is 115 Å². The van der Waals surface area contributed by atoms with E-state index in [1.807, 2.05) is 6.92 Å². The second kappa shape index (κ2) is 6.85. The maximum absolute atomic E-state index is 9.34. The van der Waals surface area contributed by atoms with E-state index in [9.17, 15) is 5.11 Å². The van der Waals surface area contributed by atoms with Gasteiger partial charge in [0.2, 0.25) is 0 Å². The smallest absolute Gasteiger partial charge is 0.132 e. The molecule has 1 aliphatic carbocycles. The van der Waals surface area contributed by atoms with Crippen LogP contribution in [0.1, 0.15) is 50.5 Å². The van der Waals surface area contributed by atoms with Gasteiger partial charge in [0.15, 0.2) is 0 Å². The number of aryl methyl sites for hydroxylation is 2. The van der Waals surface area contributed by atoms with E-state index in [0.717, 1.165) is 23.8 Å². The molecule has 2 rings (SSSR count). The van der Waals surface area contributed by atoms with Gasteiger partial charge < -0.3 is 10.0 Å². The van der Waals surface area contributed by atoms with E-state index < -0.39 is 0 Å². The zero-order valence-electron chi connectivity index (χ0n) is 12.1. The summed E-state index contributed by atoms with van der Waals surface area (Å²) in [5.74, 6) is 1.82. The molecule has 1 saturated carbocycles. The van der Waals surface area contributed by atoms with Gasteiger partial charge in [-0.15, -0.1) is 0 Å². The van der Waals surface area contributed by atoms with Crippen molar-refractivity contribution >= 4 is 5.82 Å². The molecule has 0 radical (unpaired) electrons. The first kappa shape index (κ1) is 14.3. The van der Waals surface area contributed by atoms with Gasteiger partial charge in [-0.25, -0.2) is 9.97 Å². The summed E-state index contributed by atoms with van der Waals surface area (Å²) < 4.78 is 0. The minimum atomic E-state index is 0.182. The zero-order valence-corrected chi connectivity index (χ0v) is 12.1. The van der Waals surface area contributed by atoms with E-state index >= 15 is 0 Å². The van der Waals surface area contributed by atoms with Gasteiger partial charge in [0.1, 0.15) is 11.6 Å². The van der Waals surface area contributed by atoms with Crippen LogP contribution in [-0.2, 0) is 6.42 Å². The van der Waals surface area contributed by atoms with Crippen LogP contribution < -0.4 is 4.90 Å². The van der Waals surface area contributed by atoms with E-state index in [1.54, 1.807) is 0 Å². The minimum absolute atomic E-state index is 0.182. The molecule has 0 unspecified atom stereocenters. The van der Waals surface area contributed by atoms with E-state index in [0.29, 0.717) is 12.6 Å². The fourth-order valence-electron chi connectivity index (χ4n) is 2.93. The van der Waals surface area contributed by atoms with Gasteiger partial charge in [0, 0.05) is 24.3 Å². The first-order chi connectivity index (χ1) is 9.24. The van der Waals surface area contributed by atoms with Crippen molar-refractivity contribution in [2.45, 2.75) is 58.4 Å². The molecular weight excluding hydrogens is 238 g/mol. The number of nitrogens with zero attached hydrogens (tertiary/aromatic N) is 3. The van der Waals surface area contributed by atoms with Gasteiger partial charge in [0.25, 0.3) is 0 Å². The Hall–Kier alpha value is -1.16. The van der Waals surface area contributed by atoms with Crippen LogP contribution in [0.4, 0.5) is 5.82 Å². The van der Waals surface area contributed by atoms with Crippen LogP contribution >= 0.6 is 0 Å². The fourth-order valence-corrected chi connectivity index (χ4v) is 2.93. The monoisotopic (exact) mass is 263 g/mol. The van der Waals surface area contributed by atoms with Crippen molar-refractivity contribution in [1.29, 1.82) is 0 Å². The van der Waals surface area contributed by atoms with E-state index in [1.165, 1.54) is 32.1 Å². The van der Waals surface area contributed by atoms with E-state index in [4.69, 9.17) is 0 Å². The van der Waals surface area contributed by atoms with Crippen LogP contribution in [0.5, 0.6) is 0 Å². The standard InChI is InChI=1S/C15H25N3O/c1-3-13-11-15(17-12(2)16-13)18(9-10-19)14-7-5-4-6-8-14/h11,14,19H,3-10H2,1-2H3. The number of rotatable bonds is 5. The van der Waals surface area contributed by atoms with Crippen LogP contribution in [0, 0.1) is 6.92 Å². The lowest BCUT2D eigenvalue weighted by Crippen LogP contribution is -2.39. The molecule has 1 fully saturated rings. The van der Waals surface area contributed by atoms with Crippen LogP contribution in [0.25, 0.3) is 0 Å². The molecule has 4 nitrogen and oxygen atoms in total. The molecule has 1 heterocycles. The average molecular weight is 263 g/mol. The summed E-state index contributed by atoms with van der Waals surface area (Å²) in [5.41, 5.74) is 1.08. The van der Waals surface area contributed by atoms with Crippen LogP contribution in [0.3, 0.4) is 0 Å². The molecule has 106 valence electrons. The summed E-state index contributed by atoms with van der Waals surface area (Å²) >= 11 is 0. The van der Waals surface area contributed by atoms with Gasteiger partial charge >= 0.3 is 0 Å². The number of aliphatic hydroxyl groups excluding tert-OH is 1. The van der Waals surface area contributed by atoms with Crippen molar-refractivity contribution in [1.82, 2.24) is 9.97 Å². The molecule has 0 bridgehead atoms. The summed E-state index contributed by atoms with van der Waals surface area (Å²) in [4.78, 5) is 11.3. The minimum Gasteiger partial charge on any atom is -0.395 e. The Bertz CT molecular complexity index is 402. The van der Waals surface area contributed by atoms with Crippen LogP contribution in [0.15, 0.2) is 6.07 Å². The lowest BCUT2D eigenvalue weighted by Gasteiger charge is -2.35. The van der Waals surface area contributed by atoms with Gasteiger partial charge in [-0.3, -0.25) is 0 Å². The third-order valence-corrected chi connectivity index (χ3v) is 3.89. The van der Waals surface area contributed by atoms with Gasteiger partial charge in [-0.1, -0.05) is 26.2 Å². The second-order valence-corrected chi connectivity index (χ2v) is 5.33. The summed E-state index contributed by atoms with van der Waals surface area (Å²) in [5, 5.41) is 9.34. The fraction of sp³-hybridized carbons (Fsp3) is 0.733. The molecular formula is C15H25N3O. The maximum atomic E-state index is 9.34. The summed E-state index contributed by atoms with van der Waals surface area (Å²) in [6, 6.07) is 2.61. The predicted octanol–water partition coefficient (Wildman–Crippen LogP) is 2.48. The predicted molar refractivity (Wildman–Crippen MR) is 77.5 cm³/mol. The summed E-state index contributed by atoms with van der Waals surface area (Å²) in [6.07, 6.45) is 7.27. The van der Waals surface area contributed by atoms with Crippen molar-refractivity contribution in [3.05, 3.63) is 17.6 Å². The van der Waals surface area contributed by atoms with Crippen LogP contribution in [0.2, 0.25) is 0 Å². The SMILES string of the molecule is CCc1cc(N(CCO)C2CCCCC2)nc(C)n1. The molecule has 0 spiro atoms. The number of anilines is 1. The molecule has 1 N–H and O–H groups in total. The Balaban J connectivity index is 2.24. The molecule has 0 saturated heterocycles. The molecule has 0 aliphatic heterocycles. The molecule has 1 aromatic rings. The first-order valence-corrected chi connectivity index (χ1v) is 7.46. The van der Waals surface area contributed by atoms with Crippen LogP contribution in [-0.4, -0.2) is 34.3 Å². The summed E-state index contributed by atoms with van der Waals surface area (Å²) in [6.45, 7) is 4.91. The van der Waals surface area contributed by atoms with Crippen molar-refractivity contribution in [3.63, 3.8) is 0 Å². The summed E-state index contributed by atoms with van der Waals surface area (Å²) in [7, 11) is 0. The van der Waals surface area contributed by atoms with Gasteiger partial charge in [-0.2, -0.15) is 0 Å². The van der Waals surface area contributed by atoms with E-state index in [-0.39, 0.29) is 6.61 Å². The zero-order chi connectivity index (χ0) is 13.7. The number of hydrogen-bond acceptors (Lipinski definition) is 4. The Kier molecular flexibility index (Phi) is 5.14. The number of hydrogen-bond donors (Lipinski definition) is 1. The lowest BCUT2D eigenvalue weighted by atomic mass is 9.94. The highest BCUT2D eigenvalue weighted by molar-refractivity contribution is 5.41. The maximum Gasteiger partial charge on any atom is 0.132 e. The molecule has 0 aromatic carbocycles. The number of aliphatic hydroxyl groups is 1. The molecule has 0 atom stereocenters. The largest absolute Gasteiger partial charge is 0.395 e. The first-order valence-electron chi connectivity index (χ1n) is 7.46. The van der Waals surface area contributed by atoms with Crippen molar-refractivity contribution in [2.75, 3.05) is 18.1 Å². The van der Waals surface area contributed by atoms with Gasteiger partial charge in [-0.05, 0) is 26.2 Å². The van der Waals surface area contributed by atoms with Gasteiger partial charge in [0.05, 0.1) is 6.61 Å². The topological polar surface area (TPSA) is 49.2 Å². The lowest BCUT2D eigenvalue weighted by molar-refractivity contribution is 0.289. The Morgan fingerprint density at radius 2 is 2.00 bits per heavy atom. The average Bonchev–Trinajstić information content (AvgIpc) is 2.45. The second-order valence-electron chi connectivity index (χ2n) is 5.33. The Morgan fingerprint density at radius 1 is 1.26 bits per heavy atom. The highest BCUT2D eigenvalue weighted by atomic mass is 16.3. The highest BCUT2D eigenvalue weighted by Crippen LogP contribution is 2.26. The van der Waals surface area contributed by atoms with Crippen molar-refractivity contribution in [2.24, 2.45) is 0 Å². The van der Waals surface area contributed by atoms with Crippen molar-refractivity contribution < 1.29 is 5.11 Å². The molecule has 19 heavy (non-hydrogen) atoms. The molecule has 4 heteroatoms. The third-order valence-electron chi connectivity index (χ3n) is 3.89. The normalized spacial score (nSPS) is 16.6. The molecule has 0 amide bonds. The van der Waals surface area contributed by atoms with E-state index in [2.05, 4.69) is 27.9 Å². The van der Waals surface area contributed by atoms with Crippen molar-refractivity contribution in [3.8, 4) is 0 Å². The third kappa shape index (κ3) is 3.66. The molecule has 1 aliphatic rings. The quantitative estimate of drug-likeness (QED) is 0.886. The Morgan fingerprint density at radius 3 is 2.63 bits per heavy atom.